The molecule has 2 rings (SSSR count). The molecule has 0 aromatic heterocycles. The maximum Gasteiger partial charge on any atom is 0.311 e. The third-order valence-corrected chi connectivity index (χ3v) is 4.91. The Labute approximate surface area is 132 Å². The molecule has 0 saturated heterocycles. The quantitative estimate of drug-likeness (QED) is 0.781. The fraction of sp³-hybridized carbons (Fsp3) is 0.467. The molecule has 1 aromatic carbocycles. The van der Waals surface area contributed by atoms with Crippen LogP contribution in [0.25, 0.3) is 0 Å². The molecule has 5 heteroatoms. The molecule has 108 valence electrons. The van der Waals surface area contributed by atoms with Crippen molar-refractivity contribution >= 4 is 34.5 Å². The van der Waals surface area contributed by atoms with Crippen LogP contribution < -0.4 is 5.32 Å². The van der Waals surface area contributed by atoms with Crippen molar-refractivity contribution in [3.63, 3.8) is 0 Å². The van der Waals surface area contributed by atoms with Gasteiger partial charge in [0.15, 0.2) is 0 Å². The third kappa shape index (κ3) is 3.31. The molecule has 0 bridgehead atoms. The van der Waals surface area contributed by atoms with E-state index in [0.717, 1.165) is 22.8 Å². The Morgan fingerprint density at radius 3 is 2.45 bits per heavy atom. The first kappa shape index (κ1) is 15.3. The summed E-state index contributed by atoms with van der Waals surface area (Å²) in [5.74, 6) is -0.985. The summed E-state index contributed by atoms with van der Waals surface area (Å²) < 4.78 is 0.871. The van der Waals surface area contributed by atoms with Crippen LogP contribution in [0, 0.1) is 8.99 Å². The van der Waals surface area contributed by atoms with Gasteiger partial charge >= 0.3 is 5.97 Å². The Balaban J connectivity index is 2.05. The number of carbonyl (C=O) groups is 2. The Kier molecular flexibility index (Phi) is 5.01. The van der Waals surface area contributed by atoms with E-state index in [2.05, 4.69) is 27.9 Å². The number of amides is 1. The highest BCUT2D eigenvalue weighted by Gasteiger charge is 2.39. The zero-order valence-corrected chi connectivity index (χ0v) is 13.4. The molecule has 0 unspecified atom stereocenters. The molecule has 0 radical (unpaired) electrons. The highest BCUT2D eigenvalue weighted by atomic mass is 127. The Bertz CT molecular complexity index is 510. The van der Waals surface area contributed by atoms with Crippen LogP contribution in [0.15, 0.2) is 24.3 Å². The minimum atomic E-state index is -0.791. The summed E-state index contributed by atoms with van der Waals surface area (Å²) in [5, 5.41) is 12.3. The van der Waals surface area contributed by atoms with E-state index < -0.39 is 11.4 Å². The number of carboxylic acids is 1. The van der Waals surface area contributed by atoms with Gasteiger partial charge in [-0.05, 0) is 47.6 Å². The normalized spacial score (nSPS) is 17.4. The highest BCUT2D eigenvalue weighted by Crippen LogP contribution is 2.36. The number of aliphatic carboxylic acids is 1. The van der Waals surface area contributed by atoms with Crippen molar-refractivity contribution in [1.82, 2.24) is 5.32 Å². The van der Waals surface area contributed by atoms with E-state index in [9.17, 15) is 14.7 Å². The molecule has 0 spiro atoms. The van der Waals surface area contributed by atoms with Crippen LogP contribution in [0.1, 0.15) is 42.5 Å². The summed E-state index contributed by atoms with van der Waals surface area (Å²) in [5.41, 5.74) is -0.182. The van der Waals surface area contributed by atoms with Crippen molar-refractivity contribution in [2.75, 3.05) is 6.54 Å². The molecule has 1 aliphatic carbocycles. The summed E-state index contributed by atoms with van der Waals surface area (Å²) >= 11 is 2.11. The van der Waals surface area contributed by atoms with Crippen LogP contribution in [0.4, 0.5) is 0 Å². The summed E-state index contributed by atoms with van der Waals surface area (Å²) in [7, 11) is 0. The monoisotopic (exact) mass is 387 g/mol. The van der Waals surface area contributed by atoms with Gasteiger partial charge in [0, 0.05) is 10.1 Å². The van der Waals surface area contributed by atoms with E-state index in [1.54, 1.807) is 6.07 Å². The largest absolute Gasteiger partial charge is 0.481 e. The summed E-state index contributed by atoms with van der Waals surface area (Å²) in [6.07, 6.45) is 4.22. The lowest BCUT2D eigenvalue weighted by Gasteiger charge is -2.33. The first-order chi connectivity index (χ1) is 9.55. The fourth-order valence-electron chi connectivity index (χ4n) is 2.68. The van der Waals surface area contributed by atoms with Gasteiger partial charge < -0.3 is 10.4 Å². The standard InChI is InChI=1S/C15H18INO3/c16-12-7-3-2-6-11(12)13(18)17-10-15(14(19)20)8-4-1-5-9-15/h2-3,6-7H,1,4-5,8-10H2,(H,17,18)(H,19,20). The number of carbonyl (C=O) groups excluding carboxylic acids is 1. The molecule has 1 fully saturated rings. The van der Waals surface area contributed by atoms with Crippen molar-refractivity contribution < 1.29 is 14.7 Å². The van der Waals surface area contributed by atoms with E-state index in [-0.39, 0.29) is 12.5 Å². The predicted octanol–water partition coefficient (Wildman–Crippen LogP) is 3.06. The van der Waals surface area contributed by atoms with Gasteiger partial charge in [-0.15, -0.1) is 0 Å². The number of carboxylic acid groups (broad SMARTS) is 1. The molecule has 0 heterocycles. The van der Waals surface area contributed by atoms with Crippen LogP contribution in [0.5, 0.6) is 0 Å². The number of hydrogen-bond donors (Lipinski definition) is 2. The number of nitrogens with one attached hydrogen (secondary N) is 1. The molecule has 1 aromatic rings. The second-order valence-electron chi connectivity index (χ2n) is 5.31. The lowest BCUT2D eigenvalue weighted by atomic mass is 9.74. The van der Waals surface area contributed by atoms with Gasteiger partial charge in [-0.3, -0.25) is 9.59 Å². The van der Waals surface area contributed by atoms with E-state index in [1.807, 2.05) is 18.2 Å². The van der Waals surface area contributed by atoms with Gasteiger partial charge in [-0.1, -0.05) is 31.4 Å². The average Bonchev–Trinajstić information content (AvgIpc) is 2.46. The van der Waals surface area contributed by atoms with Crippen molar-refractivity contribution in [3.8, 4) is 0 Å². The second kappa shape index (κ2) is 6.56. The molecule has 1 saturated carbocycles. The topological polar surface area (TPSA) is 66.4 Å². The number of benzene rings is 1. The van der Waals surface area contributed by atoms with Crippen LogP contribution >= 0.6 is 22.6 Å². The van der Waals surface area contributed by atoms with E-state index in [1.165, 1.54) is 0 Å². The van der Waals surface area contributed by atoms with Gasteiger partial charge in [-0.2, -0.15) is 0 Å². The molecule has 1 amide bonds. The van der Waals surface area contributed by atoms with Crippen molar-refractivity contribution in [2.45, 2.75) is 32.1 Å². The first-order valence-electron chi connectivity index (χ1n) is 6.81. The molecule has 4 nitrogen and oxygen atoms in total. The average molecular weight is 387 g/mol. The van der Waals surface area contributed by atoms with Crippen molar-refractivity contribution in [3.05, 3.63) is 33.4 Å². The number of halogens is 1. The Morgan fingerprint density at radius 2 is 1.85 bits per heavy atom. The Morgan fingerprint density at radius 1 is 1.20 bits per heavy atom. The molecule has 2 N–H and O–H groups in total. The predicted molar refractivity (Wildman–Crippen MR) is 84.6 cm³/mol. The number of rotatable bonds is 4. The molecule has 0 atom stereocenters. The van der Waals surface area contributed by atoms with Crippen LogP contribution in [-0.2, 0) is 4.79 Å². The van der Waals surface area contributed by atoms with Gasteiger partial charge in [0.05, 0.1) is 11.0 Å². The van der Waals surface area contributed by atoms with Crippen LogP contribution in [0.3, 0.4) is 0 Å². The lowest BCUT2D eigenvalue weighted by molar-refractivity contribution is -0.150. The van der Waals surface area contributed by atoms with E-state index >= 15 is 0 Å². The van der Waals surface area contributed by atoms with Crippen molar-refractivity contribution in [2.24, 2.45) is 5.41 Å². The van der Waals surface area contributed by atoms with E-state index in [0.29, 0.717) is 18.4 Å². The highest BCUT2D eigenvalue weighted by molar-refractivity contribution is 14.1. The van der Waals surface area contributed by atoms with Gasteiger partial charge in [0.2, 0.25) is 0 Å². The van der Waals surface area contributed by atoms with Crippen LogP contribution in [-0.4, -0.2) is 23.5 Å². The van der Waals surface area contributed by atoms with E-state index in [4.69, 9.17) is 0 Å². The number of hydrogen-bond acceptors (Lipinski definition) is 2. The first-order valence-corrected chi connectivity index (χ1v) is 7.89. The van der Waals surface area contributed by atoms with Gasteiger partial charge in [-0.25, -0.2) is 0 Å². The zero-order chi connectivity index (χ0) is 14.6. The van der Waals surface area contributed by atoms with Crippen molar-refractivity contribution in [1.29, 1.82) is 0 Å². The fourth-order valence-corrected chi connectivity index (χ4v) is 3.32. The lowest BCUT2D eigenvalue weighted by Crippen LogP contribution is -2.44. The Hall–Kier alpha value is -1.11. The summed E-state index contributed by atoms with van der Waals surface area (Å²) in [6.45, 7) is 0.214. The SMILES string of the molecule is O=C(NCC1(C(=O)O)CCCCC1)c1ccccc1I. The molecule has 20 heavy (non-hydrogen) atoms. The smallest absolute Gasteiger partial charge is 0.311 e. The summed E-state index contributed by atoms with van der Waals surface area (Å²) in [4.78, 5) is 23.7. The van der Waals surface area contributed by atoms with Gasteiger partial charge in [0.25, 0.3) is 5.91 Å². The molecule has 1 aliphatic rings. The maximum atomic E-state index is 12.2. The third-order valence-electron chi connectivity index (χ3n) is 3.97. The minimum absolute atomic E-state index is 0.193. The summed E-state index contributed by atoms with van der Waals surface area (Å²) in [6, 6.07) is 7.30. The second-order valence-corrected chi connectivity index (χ2v) is 6.47. The zero-order valence-electron chi connectivity index (χ0n) is 11.2. The molecular weight excluding hydrogens is 369 g/mol. The maximum absolute atomic E-state index is 12.2. The van der Waals surface area contributed by atoms with Gasteiger partial charge in [0.1, 0.15) is 0 Å². The molecule has 0 aliphatic heterocycles. The molecular formula is C15H18INO3. The minimum Gasteiger partial charge on any atom is -0.481 e. The van der Waals surface area contributed by atoms with Crippen LogP contribution in [0.2, 0.25) is 0 Å².